The van der Waals surface area contributed by atoms with Crippen molar-refractivity contribution in [3.63, 3.8) is 0 Å². The molecule has 0 bridgehead atoms. The summed E-state index contributed by atoms with van der Waals surface area (Å²) in [5.74, 6) is 1.98. The Morgan fingerprint density at radius 1 is 0.717 bits per heavy atom. The van der Waals surface area contributed by atoms with E-state index in [1.165, 1.54) is 0 Å². The maximum Gasteiger partial charge on any atom is 0.323 e. The van der Waals surface area contributed by atoms with Crippen molar-refractivity contribution in [3.8, 4) is 11.4 Å². The highest BCUT2D eigenvalue weighted by Gasteiger charge is 2.23. The fourth-order valence-electron chi connectivity index (χ4n) is 5.90. The standard InChI is InChI=1S/C33H44N10O3/c1-3-40-13-4-14-42(20-17-40)31-36-29(37-32(38-31)43-21-23-46-24-22-43)25-5-9-27(10-6-25)34-33(45)35-28-11-7-26(8-12-28)30(44)41-18-15-39(2)16-19-41/h5-12H,3-4,13-24H2,1-2H3,(H2,34,35,45). The predicted octanol–water partition coefficient (Wildman–Crippen LogP) is 2.94. The van der Waals surface area contributed by atoms with Crippen LogP contribution in [0.4, 0.5) is 28.1 Å². The van der Waals surface area contributed by atoms with Crippen molar-refractivity contribution < 1.29 is 14.3 Å². The molecule has 3 aromatic rings. The first-order chi connectivity index (χ1) is 22.4. The van der Waals surface area contributed by atoms with Crippen LogP contribution in [0.2, 0.25) is 0 Å². The first-order valence-corrected chi connectivity index (χ1v) is 16.3. The second-order valence-corrected chi connectivity index (χ2v) is 12.0. The SMILES string of the molecule is CCN1CCCN(c2nc(-c3ccc(NC(=O)Nc4ccc(C(=O)N5CCN(C)CC5)cc4)cc3)nc(N3CCOCC3)n2)CC1. The molecule has 13 heteroatoms. The molecule has 46 heavy (non-hydrogen) atoms. The van der Waals surface area contributed by atoms with Crippen molar-refractivity contribution in [2.75, 3.05) is 113 Å². The third-order valence-corrected chi connectivity index (χ3v) is 8.81. The zero-order valence-electron chi connectivity index (χ0n) is 26.8. The van der Waals surface area contributed by atoms with Crippen LogP contribution in [-0.4, -0.2) is 134 Å². The molecule has 4 heterocycles. The number of morpholine rings is 1. The van der Waals surface area contributed by atoms with Crippen LogP contribution in [0.25, 0.3) is 11.4 Å². The maximum absolute atomic E-state index is 12.8. The van der Waals surface area contributed by atoms with E-state index in [0.717, 1.165) is 84.0 Å². The highest BCUT2D eigenvalue weighted by Crippen LogP contribution is 2.24. The number of carbonyl (C=O) groups is 2. The molecule has 2 aromatic carbocycles. The molecule has 13 nitrogen and oxygen atoms in total. The average molecular weight is 629 g/mol. The van der Waals surface area contributed by atoms with Gasteiger partial charge in [0.1, 0.15) is 0 Å². The number of benzene rings is 2. The third kappa shape index (κ3) is 7.90. The van der Waals surface area contributed by atoms with Crippen LogP contribution in [0.1, 0.15) is 23.7 Å². The summed E-state index contributed by atoms with van der Waals surface area (Å²) in [4.78, 5) is 51.3. The first-order valence-electron chi connectivity index (χ1n) is 16.3. The number of urea groups is 1. The second kappa shape index (κ2) is 14.8. The molecule has 0 saturated carbocycles. The Morgan fingerprint density at radius 2 is 1.33 bits per heavy atom. The summed E-state index contributed by atoms with van der Waals surface area (Å²) >= 11 is 0. The van der Waals surface area contributed by atoms with E-state index in [-0.39, 0.29) is 11.9 Å². The monoisotopic (exact) mass is 628 g/mol. The summed E-state index contributed by atoms with van der Waals surface area (Å²) in [5.41, 5.74) is 2.70. The number of likely N-dealkylation sites (N-methyl/N-ethyl adjacent to an activating group) is 2. The molecular weight excluding hydrogens is 584 g/mol. The summed E-state index contributed by atoms with van der Waals surface area (Å²) in [6, 6.07) is 14.2. The number of aromatic nitrogens is 3. The van der Waals surface area contributed by atoms with Gasteiger partial charge in [0.15, 0.2) is 5.82 Å². The van der Waals surface area contributed by atoms with E-state index in [4.69, 9.17) is 19.7 Å². The van der Waals surface area contributed by atoms with E-state index < -0.39 is 0 Å². The van der Waals surface area contributed by atoms with E-state index in [0.29, 0.717) is 47.9 Å². The predicted molar refractivity (Wildman–Crippen MR) is 180 cm³/mol. The maximum atomic E-state index is 12.8. The first kappa shape index (κ1) is 31.6. The van der Waals surface area contributed by atoms with Crippen molar-refractivity contribution >= 4 is 35.2 Å². The normalized spacial score (nSPS) is 18.3. The van der Waals surface area contributed by atoms with E-state index in [2.05, 4.69) is 44.2 Å². The van der Waals surface area contributed by atoms with Crippen LogP contribution < -0.4 is 20.4 Å². The Kier molecular flexibility index (Phi) is 10.2. The van der Waals surface area contributed by atoms with Crippen LogP contribution in [0.15, 0.2) is 48.5 Å². The lowest BCUT2D eigenvalue weighted by Crippen LogP contribution is -2.47. The van der Waals surface area contributed by atoms with Crippen molar-refractivity contribution in [1.29, 1.82) is 0 Å². The van der Waals surface area contributed by atoms with Crippen molar-refractivity contribution in [2.45, 2.75) is 13.3 Å². The van der Waals surface area contributed by atoms with Gasteiger partial charge in [0, 0.05) is 81.4 Å². The fourth-order valence-corrected chi connectivity index (χ4v) is 5.90. The zero-order chi connectivity index (χ0) is 31.9. The van der Waals surface area contributed by atoms with Gasteiger partial charge in [0.2, 0.25) is 11.9 Å². The molecule has 0 atom stereocenters. The number of ether oxygens (including phenoxy) is 1. The molecule has 3 aliphatic rings. The van der Waals surface area contributed by atoms with E-state index in [9.17, 15) is 9.59 Å². The molecule has 0 spiro atoms. The summed E-state index contributed by atoms with van der Waals surface area (Å²) < 4.78 is 5.56. The minimum Gasteiger partial charge on any atom is -0.378 e. The summed E-state index contributed by atoms with van der Waals surface area (Å²) in [6.45, 7) is 13.0. The van der Waals surface area contributed by atoms with Crippen LogP contribution in [0.3, 0.4) is 0 Å². The molecule has 3 aliphatic heterocycles. The number of carbonyl (C=O) groups excluding carboxylic acids is 2. The van der Waals surface area contributed by atoms with Crippen LogP contribution >= 0.6 is 0 Å². The van der Waals surface area contributed by atoms with E-state index in [1.807, 2.05) is 29.2 Å². The molecule has 244 valence electrons. The van der Waals surface area contributed by atoms with Gasteiger partial charge >= 0.3 is 6.03 Å². The molecule has 3 saturated heterocycles. The number of hydrogen-bond acceptors (Lipinski definition) is 10. The van der Waals surface area contributed by atoms with Gasteiger partial charge in [0.05, 0.1) is 13.2 Å². The number of nitrogens with zero attached hydrogens (tertiary/aromatic N) is 8. The van der Waals surface area contributed by atoms with Crippen molar-refractivity contribution in [2.24, 2.45) is 0 Å². The summed E-state index contributed by atoms with van der Waals surface area (Å²) in [6.07, 6.45) is 1.06. The number of hydrogen-bond donors (Lipinski definition) is 2. The minimum absolute atomic E-state index is 0.0149. The Labute approximate surface area is 270 Å². The molecule has 0 aliphatic carbocycles. The fraction of sp³-hybridized carbons (Fsp3) is 0.485. The molecule has 0 unspecified atom stereocenters. The van der Waals surface area contributed by atoms with Gasteiger partial charge < -0.3 is 39.9 Å². The summed E-state index contributed by atoms with van der Waals surface area (Å²) in [7, 11) is 2.06. The second-order valence-electron chi connectivity index (χ2n) is 12.0. The minimum atomic E-state index is -0.370. The Morgan fingerprint density at radius 3 is 1.96 bits per heavy atom. The van der Waals surface area contributed by atoms with E-state index >= 15 is 0 Å². The lowest BCUT2D eigenvalue weighted by atomic mass is 10.1. The lowest BCUT2D eigenvalue weighted by Gasteiger charge is -2.32. The molecule has 1 aromatic heterocycles. The lowest BCUT2D eigenvalue weighted by molar-refractivity contribution is 0.0664. The van der Waals surface area contributed by atoms with Gasteiger partial charge in [0.25, 0.3) is 5.91 Å². The van der Waals surface area contributed by atoms with Gasteiger partial charge in [-0.2, -0.15) is 15.0 Å². The number of anilines is 4. The molecule has 3 fully saturated rings. The van der Waals surface area contributed by atoms with E-state index in [1.54, 1.807) is 24.3 Å². The largest absolute Gasteiger partial charge is 0.378 e. The zero-order valence-corrected chi connectivity index (χ0v) is 26.8. The molecule has 0 radical (unpaired) electrons. The Balaban J connectivity index is 1.11. The Hall–Kier alpha value is -4.33. The Bertz CT molecular complexity index is 1470. The van der Waals surface area contributed by atoms with Crippen molar-refractivity contribution in [1.82, 2.24) is 29.7 Å². The average Bonchev–Trinajstić information content (AvgIpc) is 3.35. The quantitative estimate of drug-likeness (QED) is 0.404. The molecule has 6 rings (SSSR count). The van der Waals surface area contributed by atoms with Gasteiger partial charge in [-0.1, -0.05) is 6.92 Å². The third-order valence-electron chi connectivity index (χ3n) is 8.81. The number of amides is 3. The van der Waals surface area contributed by atoms with Gasteiger partial charge in [-0.3, -0.25) is 4.79 Å². The number of piperazine rings is 1. The highest BCUT2D eigenvalue weighted by molar-refractivity contribution is 6.00. The van der Waals surface area contributed by atoms with Crippen LogP contribution in [0.5, 0.6) is 0 Å². The van der Waals surface area contributed by atoms with Crippen LogP contribution in [0, 0.1) is 0 Å². The highest BCUT2D eigenvalue weighted by atomic mass is 16.5. The number of nitrogens with one attached hydrogen (secondary N) is 2. The van der Waals surface area contributed by atoms with Crippen LogP contribution in [-0.2, 0) is 4.74 Å². The molecule has 2 N–H and O–H groups in total. The topological polar surface area (TPSA) is 122 Å². The number of rotatable bonds is 7. The van der Waals surface area contributed by atoms with Gasteiger partial charge in [-0.15, -0.1) is 0 Å². The summed E-state index contributed by atoms with van der Waals surface area (Å²) in [5, 5.41) is 5.74. The smallest absolute Gasteiger partial charge is 0.323 e. The van der Waals surface area contributed by atoms with Gasteiger partial charge in [-0.05, 0) is 75.1 Å². The van der Waals surface area contributed by atoms with Crippen molar-refractivity contribution in [3.05, 3.63) is 54.1 Å². The molecular formula is C33H44N10O3. The molecule has 3 amide bonds. The van der Waals surface area contributed by atoms with Gasteiger partial charge in [-0.25, -0.2) is 4.79 Å².